The molecule has 1 aliphatic heterocycles. The van der Waals surface area contributed by atoms with E-state index >= 15 is 0 Å². The van der Waals surface area contributed by atoms with Crippen LogP contribution in [0.5, 0.6) is 0 Å². The largest absolute Gasteiger partial charge is 0.311 e. The van der Waals surface area contributed by atoms with Gasteiger partial charge in [-0.1, -0.05) is 38.8 Å². The molecule has 114 valence electrons. The Morgan fingerprint density at radius 1 is 1.40 bits per heavy atom. The molecule has 2 heterocycles. The molecule has 20 heavy (non-hydrogen) atoms. The van der Waals surface area contributed by atoms with E-state index in [-0.39, 0.29) is 0 Å². The maximum Gasteiger partial charge on any atom is 0.0931 e. The summed E-state index contributed by atoms with van der Waals surface area (Å²) in [6.07, 6.45) is 2.44. The smallest absolute Gasteiger partial charge is 0.0931 e. The van der Waals surface area contributed by atoms with Crippen molar-refractivity contribution in [2.45, 2.75) is 58.7 Å². The molecular formula is C16H27ClN2S. The van der Waals surface area contributed by atoms with Gasteiger partial charge in [0, 0.05) is 36.1 Å². The van der Waals surface area contributed by atoms with Gasteiger partial charge in [0.1, 0.15) is 0 Å². The van der Waals surface area contributed by atoms with E-state index in [9.17, 15) is 0 Å². The van der Waals surface area contributed by atoms with Crippen LogP contribution in [0.4, 0.5) is 0 Å². The van der Waals surface area contributed by atoms with Crippen LogP contribution in [-0.2, 0) is 0 Å². The SMILES string of the molecule is CCC(C)C1CN(C(C)c2ccc(Cl)s2)C(CC)CN1. The average molecular weight is 315 g/mol. The van der Waals surface area contributed by atoms with E-state index in [0.29, 0.717) is 18.1 Å². The lowest BCUT2D eigenvalue weighted by Crippen LogP contribution is -2.58. The Balaban J connectivity index is 2.12. The van der Waals surface area contributed by atoms with E-state index in [1.54, 1.807) is 11.3 Å². The summed E-state index contributed by atoms with van der Waals surface area (Å²) in [5.41, 5.74) is 0. The van der Waals surface area contributed by atoms with Crippen molar-refractivity contribution in [2.75, 3.05) is 13.1 Å². The summed E-state index contributed by atoms with van der Waals surface area (Å²) in [4.78, 5) is 4.06. The fraction of sp³-hybridized carbons (Fsp3) is 0.750. The van der Waals surface area contributed by atoms with E-state index in [4.69, 9.17) is 11.6 Å². The van der Waals surface area contributed by atoms with Gasteiger partial charge in [-0.2, -0.15) is 0 Å². The van der Waals surface area contributed by atoms with Gasteiger partial charge in [-0.25, -0.2) is 0 Å². The molecule has 0 radical (unpaired) electrons. The molecule has 1 fully saturated rings. The second-order valence-corrected chi connectivity index (χ2v) is 7.72. The summed E-state index contributed by atoms with van der Waals surface area (Å²) < 4.78 is 0.897. The molecule has 0 saturated carbocycles. The molecule has 1 N–H and O–H groups in total. The van der Waals surface area contributed by atoms with E-state index < -0.39 is 0 Å². The first-order valence-corrected chi connectivity index (χ1v) is 9.00. The summed E-state index contributed by atoms with van der Waals surface area (Å²) in [6.45, 7) is 11.5. The van der Waals surface area contributed by atoms with Gasteiger partial charge in [0.2, 0.25) is 0 Å². The van der Waals surface area contributed by atoms with Crippen LogP contribution in [0.3, 0.4) is 0 Å². The van der Waals surface area contributed by atoms with Gasteiger partial charge < -0.3 is 5.32 Å². The fourth-order valence-electron chi connectivity index (χ4n) is 3.08. The number of rotatable bonds is 5. The van der Waals surface area contributed by atoms with E-state index in [1.807, 2.05) is 6.07 Å². The van der Waals surface area contributed by atoms with Crippen molar-refractivity contribution in [3.05, 3.63) is 21.3 Å². The summed E-state index contributed by atoms with van der Waals surface area (Å²) >= 11 is 7.82. The monoisotopic (exact) mass is 314 g/mol. The number of thiophene rings is 1. The lowest BCUT2D eigenvalue weighted by molar-refractivity contribution is 0.0719. The molecule has 1 aromatic rings. The van der Waals surface area contributed by atoms with Crippen LogP contribution in [-0.4, -0.2) is 30.1 Å². The third kappa shape index (κ3) is 3.56. The highest BCUT2D eigenvalue weighted by Crippen LogP contribution is 2.33. The van der Waals surface area contributed by atoms with Gasteiger partial charge in [0.15, 0.2) is 0 Å². The summed E-state index contributed by atoms with van der Waals surface area (Å²) in [5.74, 6) is 0.731. The Morgan fingerprint density at radius 2 is 2.15 bits per heavy atom. The third-order valence-electron chi connectivity index (χ3n) is 4.80. The third-order valence-corrected chi connectivity index (χ3v) is 6.20. The fourth-order valence-corrected chi connectivity index (χ4v) is 4.21. The molecule has 1 aliphatic rings. The Morgan fingerprint density at radius 3 is 2.70 bits per heavy atom. The number of piperazine rings is 1. The molecule has 4 atom stereocenters. The van der Waals surface area contributed by atoms with Gasteiger partial charge >= 0.3 is 0 Å². The van der Waals surface area contributed by atoms with Crippen LogP contribution in [0.25, 0.3) is 0 Å². The van der Waals surface area contributed by atoms with Gasteiger partial charge in [0.05, 0.1) is 4.34 Å². The zero-order valence-corrected chi connectivity index (χ0v) is 14.6. The second-order valence-electron chi connectivity index (χ2n) is 5.98. The number of hydrogen-bond acceptors (Lipinski definition) is 3. The lowest BCUT2D eigenvalue weighted by atomic mass is 9.93. The van der Waals surface area contributed by atoms with E-state index in [2.05, 4.69) is 44.0 Å². The summed E-state index contributed by atoms with van der Waals surface area (Å²) in [5, 5.41) is 3.75. The maximum absolute atomic E-state index is 6.10. The van der Waals surface area contributed by atoms with Crippen molar-refractivity contribution in [2.24, 2.45) is 5.92 Å². The Hall–Kier alpha value is -0.0900. The van der Waals surface area contributed by atoms with Crippen molar-refractivity contribution in [1.82, 2.24) is 10.2 Å². The molecular weight excluding hydrogens is 288 g/mol. The molecule has 4 unspecified atom stereocenters. The Bertz CT molecular complexity index is 420. The summed E-state index contributed by atoms with van der Waals surface area (Å²) in [6, 6.07) is 5.91. The minimum absolute atomic E-state index is 0.464. The topological polar surface area (TPSA) is 15.3 Å². The predicted molar refractivity (Wildman–Crippen MR) is 89.8 cm³/mol. The van der Waals surface area contributed by atoms with Crippen molar-refractivity contribution in [3.8, 4) is 0 Å². The zero-order valence-electron chi connectivity index (χ0n) is 13.0. The van der Waals surface area contributed by atoms with Crippen LogP contribution < -0.4 is 5.32 Å². The Labute approximate surface area is 132 Å². The number of hydrogen-bond donors (Lipinski definition) is 1. The van der Waals surface area contributed by atoms with Gasteiger partial charge in [-0.05, 0) is 31.4 Å². The zero-order chi connectivity index (χ0) is 14.7. The maximum atomic E-state index is 6.10. The van der Waals surface area contributed by atoms with Crippen molar-refractivity contribution in [3.63, 3.8) is 0 Å². The van der Waals surface area contributed by atoms with E-state index in [1.165, 1.54) is 17.7 Å². The van der Waals surface area contributed by atoms with Crippen molar-refractivity contribution >= 4 is 22.9 Å². The number of nitrogens with zero attached hydrogens (tertiary/aromatic N) is 1. The lowest BCUT2D eigenvalue weighted by Gasteiger charge is -2.45. The van der Waals surface area contributed by atoms with Crippen LogP contribution in [0, 0.1) is 5.92 Å². The van der Waals surface area contributed by atoms with Gasteiger partial charge in [-0.3, -0.25) is 4.90 Å². The van der Waals surface area contributed by atoms with Crippen LogP contribution >= 0.6 is 22.9 Å². The summed E-state index contributed by atoms with van der Waals surface area (Å²) in [7, 11) is 0. The molecule has 2 nitrogen and oxygen atoms in total. The molecule has 0 aromatic carbocycles. The van der Waals surface area contributed by atoms with Crippen molar-refractivity contribution in [1.29, 1.82) is 0 Å². The molecule has 0 spiro atoms. The van der Waals surface area contributed by atoms with Gasteiger partial charge in [0.25, 0.3) is 0 Å². The molecule has 1 saturated heterocycles. The first kappa shape index (κ1) is 16.3. The first-order valence-electron chi connectivity index (χ1n) is 7.81. The first-order chi connectivity index (χ1) is 9.56. The van der Waals surface area contributed by atoms with E-state index in [0.717, 1.165) is 23.3 Å². The van der Waals surface area contributed by atoms with Gasteiger partial charge in [-0.15, -0.1) is 11.3 Å². The molecule has 4 heteroatoms. The predicted octanol–water partition coefficient (Wildman–Crippen LogP) is 4.56. The second kappa shape index (κ2) is 7.26. The Kier molecular flexibility index (Phi) is 5.91. The van der Waals surface area contributed by atoms with Crippen molar-refractivity contribution < 1.29 is 0 Å². The molecule has 0 aliphatic carbocycles. The van der Waals surface area contributed by atoms with Crippen LogP contribution in [0.15, 0.2) is 12.1 Å². The normalized spacial score (nSPS) is 27.4. The molecule has 2 rings (SSSR count). The number of halogens is 1. The standard InChI is InChI=1S/C16H27ClN2S/c1-5-11(3)14-10-19(13(6-2)9-18-14)12(4)15-7-8-16(17)20-15/h7-8,11-14,18H,5-6,9-10H2,1-4H3. The minimum atomic E-state index is 0.464. The highest BCUT2D eigenvalue weighted by molar-refractivity contribution is 7.16. The minimum Gasteiger partial charge on any atom is -0.311 e. The average Bonchev–Trinajstić information content (AvgIpc) is 2.91. The highest BCUT2D eigenvalue weighted by Gasteiger charge is 2.32. The molecule has 0 amide bonds. The molecule has 0 bridgehead atoms. The van der Waals surface area contributed by atoms with Crippen LogP contribution in [0.1, 0.15) is 51.5 Å². The quantitative estimate of drug-likeness (QED) is 0.857. The van der Waals surface area contributed by atoms with Crippen LogP contribution in [0.2, 0.25) is 4.34 Å². The molecule has 1 aromatic heterocycles. The number of nitrogens with one attached hydrogen (secondary N) is 1. The highest BCUT2D eigenvalue weighted by atomic mass is 35.5.